The van der Waals surface area contributed by atoms with Gasteiger partial charge in [-0.1, -0.05) is 39.0 Å². The molecule has 0 saturated carbocycles. The van der Waals surface area contributed by atoms with Crippen molar-refractivity contribution in [2.75, 3.05) is 4.90 Å². The lowest BCUT2D eigenvalue weighted by Crippen LogP contribution is -2.48. The minimum Gasteiger partial charge on any atom is -0.481 e. The number of aliphatic carboxylic acids is 1. The number of hydrogen-bond acceptors (Lipinski definition) is 2. The summed E-state index contributed by atoms with van der Waals surface area (Å²) in [6.07, 6.45) is -1.11. The van der Waals surface area contributed by atoms with Crippen LogP contribution < -0.4 is 4.90 Å². The van der Waals surface area contributed by atoms with E-state index >= 15 is 0 Å². The maximum Gasteiger partial charge on any atom is 0.412 e. The number of anilines is 1. The normalized spacial score (nSPS) is 22.2. The SMILES string of the molecule is CC(C)(C)C1C(C(=O)O)c2ccccc2N1C(=O)O. The molecule has 0 radical (unpaired) electrons. The molecule has 2 N–H and O–H groups in total. The Morgan fingerprint density at radius 3 is 2.21 bits per heavy atom. The van der Waals surface area contributed by atoms with Gasteiger partial charge >= 0.3 is 12.1 Å². The number of para-hydroxylation sites is 1. The summed E-state index contributed by atoms with van der Waals surface area (Å²) in [4.78, 5) is 24.3. The van der Waals surface area contributed by atoms with Crippen molar-refractivity contribution < 1.29 is 19.8 Å². The summed E-state index contributed by atoms with van der Waals surface area (Å²) in [5, 5.41) is 18.9. The molecule has 0 spiro atoms. The zero-order chi connectivity index (χ0) is 14.4. The third kappa shape index (κ3) is 2.05. The number of carboxylic acids is 1. The van der Waals surface area contributed by atoms with Crippen molar-refractivity contribution in [3.05, 3.63) is 29.8 Å². The van der Waals surface area contributed by atoms with E-state index in [2.05, 4.69) is 0 Å². The van der Waals surface area contributed by atoms with Gasteiger partial charge in [0, 0.05) is 0 Å². The predicted octanol–water partition coefficient (Wildman–Crippen LogP) is 2.77. The van der Waals surface area contributed by atoms with Crippen LogP contribution in [0.3, 0.4) is 0 Å². The zero-order valence-corrected chi connectivity index (χ0v) is 11.1. The van der Waals surface area contributed by atoms with Crippen LogP contribution in [0, 0.1) is 5.41 Å². The molecule has 5 heteroatoms. The minimum absolute atomic E-state index is 0.472. The average Bonchev–Trinajstić information content (AvgIpc) is 2.63. The highest BCUT2D eigenvalue weighted by Gasteiger charge is 2.50. The van der Waals surface area contributed by atoms with Crippen LogP contribution in [0.1, 0.15) is 32.3 Å². The number of carbonyl (C=O) groups is 2. The first-order valence-electron chi connectivity index (χ1n) is 6.09. The maximum atomic E-state index is 11.6. The van der Waals surface area contributed by atoms with Crippen LogP contribution in [0.15, 0.2) is 24.3 Å². The minimum atomic E-state index is -1.11. The highest BCUT2D eigenvalue weighted by Crippen LogP contribution is 2.47. The van der Waals surface area contributed by atoms with Crippen molar-refractivity contribution in [2.24, 2.45) is 5.41 Å². The van der Waals surface area contributed by atoms with Crippen LogP contribution in [0.5, 0.6) is 0 Å². The van der Waals surface area contributed by atoms with Crippen LogP contribution in [0.2, 0.25) is 0 Å². The Balaban J connectivity index is 2.66. The molecule has 0 fully saturated rings. The lowest BCUT2D eigenvalue weighted by Gasteiger charge is -2.35. The number of fused-ring (bicyclic) bond motifs is 1. The van der Waals surface area contributed by atoms with Gasteiger partial charge in [0.15, 0.2) is 0 Å². The molecule has 1 heterocycles. The Hall–Kier alpha value is -2.04. The molecule has 1 aromatic carbocycles. The summed E-state index contributed by atoms with van der Waals surface area (Å²) in [5.41, 5.74) is 0.570. The number of hydrogen-bond donors (Lipinski definition) is 2. The van der Waals surface area contributed by atoms with Gasteiger partial charge in [-0.2, -0.15) is 0 Å². The van der Waals surface area contributed by atoms with Gasteiger partial charge < -0.3 is 10.2 Å². The van der Waals surface area contributed by atoms with E-state index in [-0.39, 0.29) is 0 Å². The van der Waals surface area contributed by atoms with E-state index in [1.165, 1.54) is 4.90 Å². The molecule has 0 bridgehead atoms. The largest absolute Gasteiger partial charge is 0.481 e. The van der Waals surface area contributed by atoms with Gasteiger partial charge in [-0.15, -0.1) is 0 Å². The number of benzene rings is 1. The predicted molar refractivity (Wildman–Crippen MR) is 70.6 cm³/mol. The lowest BCUT2D eigenvalue weighted by atomic mass is 9.78. The lowest BCUT2D eigenvalue weighted by molar-refractivity contribution is -0.139. The quantitative estimate of drug-likeness (QED) is 0.816. The summed E-state index contributed by atoms with van der Waals surface area (Å²) in [5.74, 6) is -1.82. The Morgan fingerprint density at radius 1 is 1.16 bits per heavy atom. The van der Waals surface area contributed by atoms with Crippen molar-refractivity contribution in [2.45, 2.75) is 32.7 Å². The zero-order valence-electron chi connectivity index (χ0n) is 11.1. The van der Waals surface area contributed by atoms with Crippen molar-refractivity contribution in [3.63, 3.8) is 0 Å². The number of nitrogens with zero attached hydrogens (tertiary/aromatic N) is 1. The van der Waals surface area contributed by atoms with E-state index in [0.717, 1.165) is 0 Å². The Kier molecular flexibility index (Phi) is 3.00. The monoisotopic (exact) mass is 263 g/mol. The summed E-state index contributed by atoms with van der Waals surface area (Å²) in [6, 6.07) is 6.19. The van der Waals surface area contributed by atoms with Crippen molar-refractivity contribution in [3.8, 4) is 0 Å². The molecule has 2 atom stereocenters. The molecule has 1 aliphatic heterocycles. The van der Waals surface area contributed by atoms with Crippen LogP contribution in [-0.2, 0) is 4.79 Å². The molecular formula is C14H17NO4. The average molecular weight is 263 g/mol. The summed E-state index contributed by atoms with van der Waals surface area (Å²) < 4.78 is 0. The second-order valence-electron chi connectivity index (χ2n) is 5.84. The fourth-order valence-electron chi connectivity index (χ4n) is 2.82. The van der Waals surface area contributed by atoms with E-state index < -0.39 is 29.4 Å². The fraction of sp³-hybridized carbons (Fsp3) is 0.429. The van der Waals surface area contributed by atoms with Crippen LogP contribution >= 0.6 is 0 Å². The van der Waals surface area contributed by atoms with Gasteiger partial charge in [0.1, 0.15) is 5.92 Å². The second-order valence-corrected chi connectivity index (χ2v) is 5.84. The van der Waals surface area contributed by atoms with Crippen LogP contribution in [-0.4, -0.2) is 28.3 Å². The van der Waals surface area contributed by atoms with Crippen molar-refractivity contribution in [1.29, 1.82) is 0 Å². The van der Waals surface area contributed by atoms with E-state index in [1.807, 2.05) is 20.8 Å². The van der Waals surface area contributed by atoms with Gasteiger partial charge in [0.25, 0.3) is 0 Å². The number of carboxylic acid groups (broad SMARTS) is 2. The Bertz CT molecular complexity index is 491. The summed E-state index contributed by atoms with van der Waals surface area (Å²) in [7, 11) is 0. The van der Waals surface area contributed by atoms with E-state index in [0.29, 0.717) is 11.3 Å². The van der Waals surface area contributed by atoms with Gasteiger partial charge in [-0.05, 0) is 17.0 Å². The van der Waals surface area contributed by atoms with Crippen LogP contribution in [0.4, 0.5) is 10.5 Å². The molecular weight excluding hydrogens is 246 g/mol. The molecule has 0 aliphatic carbocycles. The maximum absolute atomic E-state index is 11.6. The highest BCUT2D eigenvalue weighted by atomic mass is 16.4. The van der Waals surface area contributed by atoms with Crippen molar-refractivity contribution >= 4 is 17.7 Å². The second kappa shape index (κ2) is 4.26. The molecule has 2 rings (SSSR count). The third-order valence-corrected chi connectivity index (χ3v) is 3.48. The van der Waals surface area contributed by atoms with Gasteiger partial charge in [0.05, 0.1) is 11.7 Å². The number of amides is 1. The molecule has 2 unspecified atom stereocenters. The summed E-state index contributed by atoms with van der Waals surface area (Å²) >= 11 is 0. The number of rotatable bonds is 1. The topological polar surface area (TPSA) is 77.8 Å². The third-order valence-electron chi connectivity index (χ3n) is 3.48. The Morgan fingerprint density at radius 2 is 1.74 bits per heavy atom. The van der Waals surface area contributed by atoms with Gasteiger partial charge in [-0.25, -0.2) is 4.79 Å². The van der Waals surface area contributed by atoms with E-state index in [1.54, 1.807) is 24.3 Å². The van der Waals surface area contributed by atoms with E-state index in [9.17, 15) is 19.8 Å². The smallest absolute Gasteiger partial charge is 0.412 e. The first-order chi connectivity index (χ1) is 8.75. The van der Waals surface area contributed by atoms with Gasteiger partial charge in [0.2, 0.25) is 0 Å². The molecule has 1 amide bonds. The van der Waals surface area contributed by atoms with Crippen molar-refractivity contribution in [1.82, 2.24) is 0 Å². The standard InChI is InChI=1S/C14H17NO4/c1-14(2,3)11-10(12(16)17)8-6-4-5-7-9(8)15(11)13(18)19/h4-7,10-11H,1-3H3,(H,16,17)(H,18,19). The van der Waals surface area contributed by atoms with E-state index in [4.69, 9.17) is 0 Å². The molecule has 1 aliphatic rings. The van der Waals surface area contributed by atoms with Crippen LogP contribution in [0.25, 0.3) is 0 Å². The fourth-order valence-corrected chi connectivity index (χ4v) is 2.82. The molecule has 102 valence electrons. The molecule has 5 nitrogen and oxygen atoms in total. The first kappa shape index (κ1) is 13.4. The first-order valence-corrected chi connectivity index (χ1v) is 6.09. The highest BCUT2D eigenvalue weighted by molar-refractivity contribution is 5.96. The summed E-state index contributed by atoms with van der Waals surface area (Å²) in [6.45, 7) is 5.57. The molecule has 1 aromatic rings. The molecule has 19 heavy (non-hydrogen) atoms. The van der Waals surface area contributed by atoms with Gasteiger partial charge in [-0.3, -0.25) is 9.69 Å². The molecule has 0 aromatic heterocycles. The Labute approximate surface area is 111 Å². The molecule has 0 saturated heterocycles.